The molecule has 0 aliphatic heterocycles. The van der Waals surface area contributed by atoms with Crippen molar-refractivity contribution in [2.45, 2.75) is 83.7 Å². The zero-order valence-corrected chi connectivity index (χ0v) is 17.3. The molecule has 0 bridgehead atoms. The lowest BCUT2D eigenvalue weighted by Crippen LogP contribution is -2.19. The third kappa shape index (κ3) is 6.22. The Kier molecular flexibility index (Phi) is 8.14. The Labute approximate surface area is 170 Å². The molecule has 0 saturated carbocycles. The number of ether oxygens (including phenoxy) is 1. The first-order valence-electron chi connectivity index (χ1n) is 11.2. The van der Waals surface area contributed by atoms with E-state index in [4.69, 9.17) is 4.74 Å². The van der Waals surface area contributed by atoms with Crippen molar-refractivity contribution in [3.8, 4) is 0 Å². The van der Waals surface area contributed by atoms with E-state index < -0.39 is 0 Å². The molecule has 2 aromatic carbocycles. The molecule has 0 N–H and O–H groups in total. The standard InChI is InChI=1S/C26H34O2/c1-2-3-4-5-6-7-8-16-26(27)28-25-15-11-14-23(20-25)24-18-17-21-12-9-10-13-22(21)19-24/h9-10,12-13,17-20,25H,2-8,11,14-16H2,1H3/t25-/m1/s1. The molecule has 0 aromatic heterocycles. The Bertz CT molecular complexity index is 790. The number of carbonyl (C=O) groups is 1. The van der Waals surface area contributed by atoms with Gasteiger partial charge in [-0.2, -0.15) is 0 Å². The predicted octanol–water partition coefficient (Wildman–Crippen LogP) is 7.46. The highest BCUT2D eigenvalue weighted by molar-refractivity contribution is 5.86. The highest BCUT2D eigenvalue weighted by Gasteiger charge is 2.18. The molecule has 0 spiro atoms. The smallest absolute Gasteiger partial charge is 0.306 e. The molecule has 2 aromatic rings. The van der Waals surface area contributed by atoms with Gasteiger partial charge < -0.3 is 4.74 Å². The van der Waals surface area contributed by atoms with Crippen LogP contribution in [0.5, 0.6) is 0 Å². The topological polar surface area (TPSA) is 26.3 Å². The molecule has 0 radical (unpaired) electrons. The molecule has 0 amide bonds. The van der Waals surface area contributed by atoms with Gasteiger partial charge in [-0.25, -0.2) is 0 Å². The van der Waals surface area contributed by atoms with Crippen LogP contribution in [-0.2, 0) is 9.53 Å². The van der Waals surface area contributed by atoms with Gasteiger partial charge in [0.25, 0.3) is 0 Å². The van der Waals surface area contributed by atoms with Crippen LogP contribution >= 0.6 is 0 Å². The molecule has 28 heavy (non-hydrogen) atoms. The van der Waals surface area contributed by atoms with Crippen LogP contribution in [0.4, 0.5) is 0 Å². The van der Waals surface area contributed by atoms with Crippen molar-refractivity contribution in [3.63, 3.8) is 0 Å². The Hall–Kier alpha value is -2.09. The van der Waals surface area contributed by atoms with Gasteiger partial charge in [-0.15, -0.1) is 0 Å². The minimum atomic E-state index is -0.0627. The Morgan fingerprint density at radius 3 is 2.54 bits per heavy atom. The van der Waals surface area contributed by atoms with Crippen LogP contribution in [0.15, 0.2) is 48.5 Å². The summed E-state index contributed by atoms with van der Waals surface area (Å²) in [7, 11) is 0. The molecule has 0 unspecified atom stereocenters. The molecule has 2 nitrogen and oxygen atoms in total. The highest BCUT2D eigenvalue weighted by Crippen LogP contribution is 2.30. The van der Waals surface area contributed by atoms with E-state index in [1.54, 1.807) is 0 Å². The van der Waals surface area contributed by atoms with Crippen molar-refractivity contribution in [1.29, 1.82) is 0 Å². The van der Waals surface area contributed by atoms with Gasteiger partial charge >= 0.3 is 5.97 Å². The Morgan fingerprint density at radius 2 is 1.71 bits per heavy atom. The van der Waals surface area contributed by atoms with Gasteiger partial charge in [-0.3, -0.25) is 4.79 Å². The van der Waals surface area contributed by atoms with Gasteiger partial charge in [-0.1, -0.05) is 81.8 Å². The van der Waals surface area contributed by atoms with Crippen molar-refractivity contribution in [2.75, 3.05) is 0 Å². The average molecular weight is 379 g/mol. The fourth-order valence-corrected chi connectivity index (χ4v) is 4.06. The van der Waals surface area contributed by atoms with Crippen LogP contribution in [0.2, 0.25) is 0 Å². The van der Waals surface area contributed by atoms with E-state index in [-0.39, 0.29) is 12.1 Å². The van der Waals surface area contributed by atoms with E-state index in [1.165, 1.54) is 54.0 Å². The predicted molar refractivity (Wildman–Crippen MR) is 118 cm³/mol. The minimum absolute atomic E-state index is 0.0328. The first kappa shape index (κ1) is 20.6. The molecule has 0 saturated heterocycles. The lowest BCUT2D eigenvalue weighted by Gasteiger charge is -2.22. The van der Waals surface area contributed by atoms with Crippen LogP contribution in [0, 0.1) is 0 Å². The number of benzene rings is 2. The van der Waals surface area contributed by atoms with Crippen molar-refractivity contribution in [3.05, 3.63) is 54.1 Å². The summed E-state index contributed by atoms with van der Waals surface area (Å²) >= 11 is 0. The maximum atomic E-state index is 12.2. The molecule has 1 aliphatic rings. The van der Waals surface area contributed by atoms with Gasteiger partial charge in [-0.05, 0) is 59.7 Å². The van der Waals surface area contributed by atoms with Crippen molar-refractivity contribution in [1.82, 2.24) is 0 Å². The van der Waals surface area contributed by atoms with Crippen molar-refractivity contribution in [2.24, 2.45) is 0 Å². The summed E-state index contributed by atoms with van der Waals surface area (Å²) in [6, 6.07) is 15.1. The summed E-state index contributed by atoms with van der Waals surface area (Å²) in [4.78, 5) is 12.2. The summed E-state index contributed by atoms with van der Waals surface area (Å²) in [6.45, 7) is 2.24. The number of fused-ring (bicyclic) bond motifs is 1. The second-order valence-corrected chi connectivity index (χ2v) is 8.05. The SMILES string of the molecule is CCCCCCCCCC(=O)O[C@H]1C=C(c2ccc3ccccc3c2)CCC1. The third-order valence-corrected chi connectivity index (χ3v) is 5.71. The number of esters is 1. The molecular formula is C26H34O2. The van der Waals surface area contributed by atoms with Crippen molar-refractivity contribution >= 4 is 22.3 Å². The molecule has 1 aliphatic carbocycles. The summed E-state index contributed by atoms with van der Waals surface area (Å²) in [5.41, 5.74) is 2.57. The van der Waals surface area contributed by atoms with E-state index in [2.05, 4.69) is 55.5 Å². The lowest BCUT2D eigenvalue weighted by atomic mass is 9.91. The summed E-state index contributed by atoms with van der Waals surface area (Å²) in [5.74, 6) is -0.0328. The van der Waals surface area contributed by atoms with Crippen molar-refractivity contribution < 1.29 is 9.53 Å². The fraction of sp³-hybridized carbons (Fsp3) is 0.500. The van der Waals surface area contributed by atoms with Gasteiger partial charge in [0.15, 0.2) is 0 Å². The van der Waals surface area contributed by atoms with E-state index in [0.717, 1.165) is 32.1 Å². The van der Waals surface area contributed by atoms with Gasteiger partial charge in [0.2, 0.25) is 0 Å². The number of unbranched alkanes of at least 4 members (excludes halogenated alkanes) is 6. The Balaban J connectivity index is 1.48. The first-order valence-corrected chi connectivity index (χ1v) is 11.2. The summed E-state index contributed by atoms with van der Waals surface area (Å²) in [5, 5.41) is 2.53. The molecular weight excluding hydrogens is 344 g/mol. The number of allylic oxidation sites excluding steroid dienone is 1. The molecule has 3 rings (SSSR count). The summed E-state index contributed by atoms with van der Waals surface area (Å²) in [6.07, 6.45) is 14.3. The highest BCUT2D eigenvalue weighted by atomic mass is 16.5. The minimum Gasteiger partial charge on any atom is -0.458 e. The third-order valence-electron chi connectivity index (χ3n) is 5.71. The molecule has 150 valence electrons. The van der Waals surface area contributed by atoms with Crippen LogP contribution in [0.1, 0.15) is 83.1 Å². The quantitative estimate of drug-likeness (QED) is 0.317. The molecule has 2 heteroatoms. The normalized spacial score (nSPS) is 16.8. The largest absolute Gasteiger partial charge is 0.458 e. The van der Waals surface area contributed by atoms with Crippen LogP contribution in [-0.4, -0.2) is 12.1 Å². The van der Waals surface area contributed by atoms with E-state index >= 15 is 0 Å². The maximum absolute atomic E-state index is 12.2. The van der Waals surface area contributed by atoms with Gasteiger partial charge in [0.1, 0.15) is 6.10 Å². The zero-order valence-electron chi connectivity index (χ0n) is 17.3. The van der Waals surface area contributed by atoms with E-state index in [9.17, 15) is 4.79 Å². The fourth-order valence-electron chi connectivity index (χ4n) is 4.06. The van der Waals surface area contributed by atoms with E-state index in [1.807, 2.05) is 0 Å². The molecule has 1 atom stereocenters. The number of hydrogen-bond acceptors (Lipinski definition) is 2. The molecule has 0 fully saturated rings. The van der Waals surface area contributed by atoms with Gasteiger partial charge in [0, 0.05) is 6.42 Å². The Morgan fingerprint density at radius 1 is 0.964 bits per heavy atom. The van der Waals surface area contributed by atoms with Crippen LogP contribution < -0.4 is 0 Å². The second kappa shape index (κ2) is 11.0. The summed E-state index contributed by atoms with van der Waals surface area (Å²) < 4.78 is 5.76. The van der Waals surface area contributed by atoms with Crippen LogP contribution in [0.3, 0.4) is 0 Å². The van der Waals surface area contributed by atoms with E-state index in [0.29, 0.717) is 6.42 Å². The monoisotopic (exact) mass is 378 g/mol. The zero-order chi connectivity index (χ0) is 19.6. The van der Waals surface area contributed by atoms with Crippen LogP contribution in [0.25, 0.3) is 16.3 Å². The lowest BCUT2D eigenvalue weighted by molar-refractivity contribution is -0.147. The number of hydrogen-bond donors (Lipinski definition) is 0. The second-order valence-electron chi connectivity index (χ2n) is 8.05. The molecule has 0 heterocycles. The first-order chi connectivity index (χ1) is 13.8. The number of carbonyl (C=O) groups excluding carboxylic acids is 1. The number of rotatable bonds is 10. The average Bonchev–Trinajstić information content (AvgIpc) is 2.73. The maximum Gasteiger partial charge on any atom is 0.306 e. The van der Waals surface area contributed by atoms with Gasteiger partial charge in [0.05, 0.1) is 0 Å².